The summed E-state index contributed by atoms with van der Waals surface area (Å²) in [7, 11) is 1.74. The fourth-order valence-electron chi connectivity index (χ4n) is 2.13. The van der Waals surface area contributed by atoms with Gasteiger partial charge >= 0.3 is 5.97 Å². The van der Waals surface area contributed by atoms with E-state index in [2.05, 4.69) is 10.2 Å². The molecule has 0 spiro atoms. The predicted molar refractivity (Wildman–Crippen MR) is 66.0 cm³/mol. The van der Waals surface area contributed by atoms with Crippen molar-refractivity contribution in [2.24, 2.45) is 0 Å². The van der Waals surface area contributed by atoms with Crippen molar-refractivity contribution >= 4 is 5.97 Å². The zero-order valence-corrected chi connectivity index (χ0v) is 11.1. The quantitative estimate of drug-likeness (QED) is 0.651. The Morgan fingerprint density at radius 2 is 2.29 bits per heavy atom. The second-order valence-corrected chi connectivity index (χ2v) is 4.27. The number of likely N-dealkylation sites (tertiary alicyclic amines) is 1. The summed E-state index contributed by atoms with van der Waals surface area (Å²) in [5, 5.41) is 3.17. The van der Waals surface area contributed by atoms with Crippen molar-refractivity contribution in [1.29, 1.82) is 0 Å². The Balaban J connectivity index is 2.41. The van der Waals surface area contributed by atoms with Crippen molar-refractivity contribution in [2.45, 2.75) is 32.4 Å². The zero-order valence-electron chi connectivity index (χ0n) is 11.1. The van der Waals surface area contributed by atoms with Crippen LogP contribution in [0.5, 0.6) is 0 Å². The number of likely N-dealkylation sites (N-methyl/N-ethyl adjacent to an activating group) is 1. The minimum absolute atomic E-state index is 0.157. The molecule has 1 heterocycles. The van der Waals surface area contributed by atoms with E-state index in [4.69, 9.17) is 9.47 Å². The highest BCUT2D eigenvalue weighted by molar-refractivity contribution is 5.76. The van der Waals surface area contributed by atoms with Gasteiger partial charge in [0.15, 0.2) is 0 Å². The second kappa shape index (κ2) is 7.63. The van der Waals surface area contributed by atoms with Crippen molar-refractivity contribution in [3.05, 3.63) is 0 Å². The summed E-state index contributed by atoms with van der Waals surface area (Å²) >= 11 is 0. The number of hydrogen-bond donors (Lipinski definition) is 1. The van der Waals surface area contributed by atoms with Gasteiger partial charge in [0.1, 0.15) is 6.04 Å². The maximum atomic E-state index is 11.7. The lowest BCUT2D eigenvalue weighted by molar-refractivity contribution is -0.146. The average molecular weight is 244 g/mol. The van der Waals surface area contributed by atoms with Crippen LogP contribution in [0, 0.1) is 0 Å². The van der Waals surface area contributed by atoms with Crippen LogP contribution in [0.25, 0.3) is 0 Å². The summed E-state index contributed by atoms with van der Waals surface area (Å²) in [6, 6.07) is -0.226. The molecule has 2 atom stereocenters. The van der Waals surface area contributed by atoms with Gasteiger partial charge in [-0.05, 0) is 19.9 Å². The molecule has 0 amide bonds. The molecular weight excluding hydrogens is 220 g/mol. The molecule has 1 N–H and O–H groups in total. The molecule has 0 aromatic rings. The first-order valence-corrected chi connectivity index (χ1v) is 6.36. The first-order chi connectivity index (χ1) is 8.21. The fraction of sp³-hybridized carbons (Fsp3) is 0.917. The van der Waals surface area contributed by atoms with Crippen molar-refractivity contribution in [1.82, 2.24) is 10.2 Å². The van der Waals surface area contributed by atoms with Gasteiger partial charge in [-0.25, -0.2) is 0 Å². The Morgan fingerprint density at radius 1 is 1.53 bits per heavy atom. The van der Waals surface area contributed by atoms with Crippen LogP contribution in [-0.4, -0.2) is 62.9 Å². The standard InChI is InChI=1S/C12H24N2O3/c1-4-13-11(12(15)17-5-2)9-14-7-6-10(8-14)16-3/h10-11,13H,4-9H2,1-3H3. The molecule has 0 saturated carbocycles. The number of nitrogens with zero attached hydrogens (tertiary/aromatic N) is 1. The number of carbonyl (C=O) groups is 1. The maximum Gasteiger partial charge on any atom is 0.324 e. The van der Waals surface area contributed by atoms with Crippen molar-refractivity contribution in [2.75, 3.05) is 39.9 Å². The monoisotopic (exact) mass is 244 g/mol. The van der Waals surface area contributed by atoms with Gasteiger partial charge in [-0.2, -0.15) is 0 Å². The molecule has 1 fully saturated rings. The van der Waals surface area contributed by atoms with Crippen LogP contribution in [0.3, 0.4) is 0 Å². The Bertz CT molecular complexity index is 236. The fourth-order valence-corrected chi connectivity index (χ4v) is 2.13. The summed E-state index contributed by atoms with van der Waals surface area (Å²) in [4.78, 5) is 14.0. The average Bonchev–Trinajstić information content (AvgIpc) is 2.76. The van der Waals surface area contributed by atoms with Gasteiger partial charge < -0.3 is 14.8 Å². The van der Waals surface area contributed by atoms with Crippen LogP contribution >= 0.6 is 0 Å². The minimum Gasteiger partial charge on any atom is -0.465 e. The lowest BCUT2D eigenvalue weighted by atomic mass is 10.2. The van der Waals surface area contributed by atoms with E-state index < -0.39 is 0 Å². The first-order valence-electron chi connectivity index (χ1n) is 6.36. The van der Waals surface area contributed by atoms with E-state index in [1.54, 1.807) is 7.11 Å². The Kier molecular flexibility index (Phi) is 6.47. The topological polar surface area (TPSA) is 50.8 Å². The number of rotatable bonds is 7. The largest absolute Gasteiger partial charge is 0.465 e. The summed E-state index contributed by atoms with van der Waals surface area (Å²) in [5.41, 5.74) is 0. The van der Waals surface area contributed by atoms with E-state index in [0.29, 0.717) is 19.3 Å². The van der Waals surface area contributed by atoms with Crippen LogP contribution < -0.4 is 5.32 Å². The molecule has 0 bridgehead atoms. The van der Waals surface area contributed by atoms with Gasteiger partial charge in [0, 0.05) is 26.7 Å². The molecule has 0 radical (unpaired) electrons. The van der Waals surface area contributed by atoms with Gasteiger partial charge in [-0.1, -0.05) is 6.92 Å². The third-order valence-corrected chi connectivity index (χ3v) is 3.02. The van der Waals surface area contributed by atoms with E-state index in [0.717, 1.165) is 26.1 Å². The highest BCUT2D eigenvalue weighted by atomic mass is 16.5. The van der Waals surface area contributed by atoms with Gasteiger partial charge in [-0.15, -0.1) is 0 Å². The highest BCUT2D eigenvalue weighted by Gasteiger charge is 2.27. The van der Waals surface area contributed by atoms with Crippen LogP contribution in [0.1, 0.15) is 20.3 Å². The molecule has 0 aliphatic carbocycles. The molecule has 0 aromatic carbocycles. The van der Waals surface area contributed by atoms with E-state index in [-0.39, 0.29) is 12.0 Å². The third-order valence-electron chi connectivity index (χ3n) is 3.02. The first kappa shape index (κ1) is 14.4. The van der Waals surface area contributed by atoms with Crippen LogP contribution in [0.4, 0.5) is 0 Å². The SMILES string of the molecule is CCNC(CN1CCC(OC)C1)C(=O)OCC. The number of esters is 1. The zero-order chi connectivity index (χ0) is 12.7. The van der Waals surface area contributed by atoms with Crippen molar-refractivity contribution in [3.8, 4) is 0 Å². The number of methoxy groups -OCH3 is 1. The van der Waals surface area contributed by atoms with Gasteiger partial charge in [0.2, 0.25) is 0 Å². The summed E-state index contributed by atoms with van der Waals surface area (Å²) < 4.78 is 10.4. The Labute approximate surface area is 103 Å². The molecule has 1 saturated heterocycles. The van der Waals surface area contributed by atoms with E-state index in [1.807, 2.05) is 13.8 Å². The molecule has 1 rings (SSSR count). The molecule has 1 aliphatic rings. The van der Waals surface area contributed by atoms with Gasteiger partial charge in [0.05, 0.1) is 12.7 Å². The Morgan fingerprint density at radius 3 is 2.82 bits per heavy atom. The van der Waals surface area contributed by atoms with Crippen LogP contribution in [0.15, 0.2) is 0 Å². The van der Waals surface area contributed by atoms with Crippen LogP contribution in [0.2, 0.25) is 0 Å². The smallest absolute Gasteiger partial charge is 0.324 e. The molecule has 2 unspecified atom stereocenters. The predicted octanol–water partition coefficient (Wildman–Crippen LogP) is 0.248. The molecule has 1 aliphatic heterocycles. The second-order valence-electron chi connectivity index (χ2n) is 4.27. The summed E-state index contributed by atoms with van der Waals surface area (Å²) in [6.45, 7) is 7.61. The molecule has 0 aromatic heterocycles. The van der Waals surface area contributed by atoms with Gasteiger partial charge in [-0.3, -0.25) is 9.69 Å². The molecule has 17 heavy (non-hydrogen) atoms. The number of hydrogen-bond acceptors (Lipinski definition) is 5. The Hall–Kier alpha value is -0.650. The van der Waals surface area contributed by atoms with E-state index in [9.17, 15) is 4.79 Å². The third kappa shape index (κ3) is 4.61. The minimum atomic E-state index is -0.226. The molecular formula is C12H24N2O3. The molecule has 5 heteroatoms. The number of nitrogens with one attached hydrogen (secondary N) is 1. The van der Waals surface area contributed by atoms with Crippen molar-refractivity contribution < 1.29 is 14.3 Å². The summed E-state index contributed by atoms with van der Waals surface area (Å²) in [6.07, 6.45) is 1.34. The normalized spacial score (nSPS) is 22.6. The van der Waals surface area contributed by atoms with Gasteiger partial charge in [0.25, 0.3) is 0 Å². The highest BCUT2D eigenvalue weighted by Crippen LogP contribution is 2.12. The summed E-state index contributed by atoms with van der Waals surface area (Å²) in [5.74, 6) is -0.157. The number of carbonyl (C=O) groups excluding carboxylic acids is 1. The van der Waals surface area contributed by atoms with E-state index in [1.165, 1.54) is 0 Å². The molecule has 100 valence electrons. The lowest BCUT2D eigenvalue weighted by Gasteiger charge is -2.22. The number of ether oxygens (including phenoxy) is 2. The van der Waals surface area contributed by atoms with Crippen LogP contribution in [-0.2, 0) is 14.3 Å². The van der Waals surface area contributed by atoms with Crippen molar-refractivity contribution in [3.63, 3.8) is 0 Å². The van der Waals surface area contributed by atoms with E-state index >= 15 is 0 Å². The lowest BCUT2D eigenvalue weighted by Crippen LogP contribution is -2.46. The maximum absolute atomic E-state index is 11.7. The molecule has 5 nitrogen and oxygen atoms in total.